The van der Waals surface area contributed by atoms with Gasteiger partial charge in [-0.2, -0.15) is 5.10 Å². The van der Waals surface area contributed by atoms with Crippen LogP contribution in [0.2, 0.25) is 0 Å². The van der Waals surface area contributed by atoms with Crippen LogP contribution in [0, 0.1) is 6.92 Å². The fourth-order valence-corrected chi connectivity index (χ4v) is 2.96. The number of rotatable bonds is 2. The number of carbonyl (C=O) groups is 1. The first kappa shape index (κ1) is 11.4. The molecular weight excluding hydrogens is 248 g/mol. The van der Waals surface area contributed by atoms with Crippen LogP contribution in [0.4, 0.5) is 0 Å². The molecule has 1 N–H and O–H groups in total. The van der Waals surface area contributed by atoms with Gasteiger partial charge >= 0.3 is 0 Å². The van der Waals surface area contributed by atoms with E-state index in [4.69, 9.17) is 0 Å². The molecule has 3 heterocycles. The third-order valence-corrected chi connectivity index (χ3v) is 3.99. The lowest BCUT2D eigenvalue weighted by Gasteiger charge is -2.14. The zero-order valence-corrected chi connectivity index (χ0v) is 10.9. The van der Waals surface area contributed by atoms with Crippen LogP contribution in [0.5, 0.6) is 0 Å². The number of hydrogen-bond acceptors (Lipinski definition) is 4. The maximum absolute atomic E-state index is 12.2. The molecular formula is C12H14N4OS. The molecule has 0 bridgehead atoms. The molecule has 1 atom stereocenters. The van der Waals surface area contributed by atoms with E-state index in [-0.39, 0.29) is 5.91 Å². The van der Waals surface area contributed by atoms with Crippen LogP contribution >= 0.6 is 11.3 Å². The Balaban J connectivity index is 1.73. The minimum absolute atomic E-state index is 0.0379. The van der Waals surface area contributed by atoms with E-state index in [0.717, 1.165) is 25.2 Å². The molecule has 3 rings (SSSR count). The van der Waals surface area contributed by atoms with Crippen LogP contribution in [-0.2, 0) is 0 Å². The maximum Gasteiger partial charge on any atom is 0.273 e. The van der Waals surface area contributed by atoms with Gasteiger partial charge in [0.05, 0.1) is 11.7 Å². The molecule has 0 saturated carbocycles. The zero-order chi connectivity index (χ0) is 12.5. The Labute approximate surface area is 109 Å². The first-order chi connectivity index (χ1) is 8.75. The van der Waals surface area contributed by atoms with Crippen LogP contribution < -0.4 is 0 Å². The van der Waals surface area contributed by atoms with E-state index in [1.165, 1.54) is 16.9 Å². The molecule has 1 amide bonds. The van der Waals surface area contributed by atoms with Crippen LogP contribution in [0.1, 0.15) is 34.1 Å². The highest BCUT2D eigenvalue weighted by atomic mass is 32.1. The Morgan fingerprint density at radius 2 is 2.50 bits per heavy atom. The van der Waals surface area contributed by atoms with Crippen molar-refractivity contribution in [1.82, 2.24) is 20.1 Å². The topological polar surface area (TPSA) is 61.9 Å². The van der Waals surface area contributed by atoms with Crippen LogP contribution in [0.15, 0.2) is 17.1 Å². The zero-order valence-electron chi connectivity index (χ0n) is 10.1. The number of aryl methyl sites for hydroxylation is 1. The summed E-state index contributed by atoms with van der Waals surface area (Å²) in [6.45, 7) is 3.59. The summed E-state index contributed by atoms with van der Waals surface area (Å²) in [4.78, 5) is 18.1. The van der Waals surface area contributed by atoms with E-state index in [0.29, 0.717) is 11.6 Å². The lowest BCUT2D eigenvalue weighted by Crippen LogP contribution is -2.28. The molecule has 94 valence electrons. The summed E-state index contributed by atoms with van der Waals surface area (Å²) in [7, 11) is 0. The van der Waals surface area contributed by atoms with Gasteiger partial charge in [-0.15, -0.1) is 11.3 Å². The van der Waals surface area contributed by atoms with Gasteiger partial charge in [0, 0.05) is 30.1 Å². The predicted molar refractivity (Wildman–Crippen MR) is 68.7 cm³/mol. The summed E-state index contributed by atoms with van der Waals surface area (Å²) in [5, 5.41) is 8.89. The molecule has 1 saturated heterocycles. The molecule has 0 aliphatic carbocycles. The van der Waals surface area contributed by atoms with E-state index < -0.39 is 0 Å². The number of H-pyrrole nitrogens is 1. The highest BCUT2D eigenvalue weighted by Gasteiger charge is 2.30. The molecule has 1 aliphatic rings. The van der Waals surface area contributed by atoms with Crippen molar-refractivity contribution in [1.29, 1.82) is 0 Å². The van der Waals surface area contributed by atoms with Crippen molar-refractivity contribution < 1.29 is 4.79 Å². The van der Waals surface area contributed by atoms with Gasteiger partial charge in [0.2, 0.25) is 0 Å². The number of carbonyl (C=O) groups excluding carboxylic acids is 1. The number of aromatic amines is 1. The molecule has 5 nitrogen and oxygen atoms in total. The Bertz CT molecular complexity index is 548. The van der Waals surface area contributed by atoms with Crippen LogP contribution in [0.3, 0.4) is 0 Å². The lowest BCUT2D eigenvalue weighted by atomic mass is 10.0. The van der Waals surface area contributed by atoms with Crippen molar-refractivity contribution in [3.05, 3.63) is 34.0 Å². The molecule has 6 heteroatoms. The molecule has 0 radical (unpaired) electrons. The minimum Gasteiger partial charge on any atom is -0.337 e. The molecule has 18 heavy (non-hydrogen) atoms. The number of nitrogens with one attached hydrogen (secondary N) is 1. The van der Waals surface area contributed by atoms with Crippen molar-refractivity contribution in [3.63, 3.8) is 0 Å². The number of aromatic nitrogens is 3. The number of likely N-dealkylation sites (tertiary alicyclic amines) is 1. The molecule has 1 aliphatic heterocycles. The van der Waals surface area contributed by atoms with Gasteiger partial charge in [0.15, 0.2) is 0 Å². The van der Waals surface area contributed by atoms with E-state index in [9.17, 15) is 4.79 Å². The number of nitrogens with zero attached hydrogens (tertiary/aromatic N) is 3. The van der Waals surface area contributed by atoms with Crippen molar-refractivity contribution in [2.45, 2.75) is 19.3 Å². The highest BCUT2D eigenvalue weighted by molar-refractivity contribution is 7.07. The maximum atomic E-state index is 12.2. The van der Waals surface area contributed by atoms with Crippen LogP contribution in [0.25, 0.3) is 0 Å². The third kappa shape index (κ3) is 1.92. The van der Waals surface area contributed by atoms with E-state index in [1.54, 1.807) is 10.9 Å². The van der Waals surface area contributed by atoms with Gasteiger partial charge in [-0.05, 0) is 18.9 Å². The van der Waals surface area contributed by atoms with Crippen molar-refractivity contribution >= 4 is 17.2 Å². The molecule has 0 spiro atoms. The third-order valence-electron chi connectivity index (χ3n) is 3.40. The Morgan fingerprint density at radius 3 is 3.17 bits per heavy atom. The second kappa shape index (κ2) is 4.53. The van der Waals surface area contributed by atoms with Gasteiger partial charge in [-0.25, -0.2) is 4.98 Å². The van der Waals surface area contributed by atoms with Crippen molar-refractivity contribution in [2.75, 3.05) is 13.1 Å². The Kier molecular flexibility index (Phi) is 2.87. The smallest absolute Gasteiger partial charge is 0.273 e. The second-order valence-corrected chi connectivity index (χ2v) is 5.30. The minimum atomic E-state index is 0.0379. The van der Waals surface area contributed by atoms with E-state index in [2.05, 4.69) is 15.2 Å². The first-order valence-electron chi connectivity index (χ1n) is 5.93. The standard InChI is InChI=1S/C12H14N4OS/c1-8-4-14-15-11(8)9-2-3-16(5-9)12(17)10-6-18-7-13-10/h4,6-7,9H,2-3,5H2,1H3,(H,14,15)/t9-/m1/s1. The molecule has 0 aromatic carbocycles. The Hall–Kier alpha value is -1.69. The number of amides is 1. The molecule has 2 aromatic heterocycles. The van der Waals surface area contributed by atoms with Gasteiger partial charge in [-0.1, -0.05) is 0 Å². The number of thiazole rings is 1. The summed E-state index contributed by atoms with van der Waals surface area (Å²) in [6.07, 6.45) is 2.82. The van der Waals surface area contributed by atoms with Gasteiger partial charge in [0.25, 0.3) is 5.91 Å². The first-order valence-corrected chi connectivity index (χ1v) is 6.87. The normalized spacial score (nSPS) is 19.4. The average molecular weight is 262 g/mol. The summed E-state index contributed by atoms with van der Waals surface area (Å²) >= 11 is 1.45. The lowest BCUT2D eigenvalue weighted by molar-refractivity contribution is 0.0785. The Morgan fingerprint density at radius 1 is 1.61 bits per heavy atom. The van der Waals surface area contributed by atoms with Crippen LogP contribution in [-0.4, -0.2) is 39.1 Å². The quantitative estimate of drug-likeness (QED) is 0.897. The number of hydrogen-bond donors (Lipinski definition) is 1. The second-order valence-electron chi connectivity index (χ2n) is 4.58. The largest absolute Gasteiger partial charge is 0.337 e. The molecule has 2 aromatic rings. The monoisotopic (exact) mass is 262 g/mol. The summed E-state index contributed by atoms with van der Waals surface area (Å²) in [6, 6.07) is 0. The fourth-order valence-electron chi connectivity index (χ4n) is 2.43. The molecule has 0 unspecified atom stereocenters. The average Bonchev–Trinajstić information content (AvgIpc) is 3.09. The summed E-state index contributed by atoms with van der Waals surface area (Å²) < 4.78 is 0. The van der Waals surface area contributed by atoms with E-state index in [1.807, 2.05) is 18.0 Å². The summed E-state index contributed by atoms with van der Waals surface area (Å²) in [5.74, 6) is 0.408. The van der Waals surface area contributed by atoms with Crippen molar-refractivity contribution in [2.24, 2.45) is 0 Å². The molecule has 1 fully saturated rings. The predicted octanol–water partition coefficient (Wildman–Crippen LogP) is 1.80. The van der Waals surface area contributed by atoms with Crippen molar-refractivity contribution in [3.8, 4) is 0 Å². The van der Waals surface area contributed by atoms with Gasteiger partial charge in [-0.3, -0.25) is 9.89 Å². The van der Waals surface area contributed by atoms with Gasteiger partial charge in [0.1, 0.15) is 5.69 Å². The van der Waals surface area contributed by atoms with Gasteiger partial charge < -0.3 is 4.90 Å². The summed E-state index contributed by atoms with van der Waals surface area (Å²) in [5.41, 5.74) is 4.58. The van der Waals surface area contributed by atoms with E-state index >= 15 is 0 Å². The SMILES string of the molecule is Cc1cn[nH]c1[C@@H]1CCN(C(=O)c2cscn2)C1. The fraction of sp³-hybridized carbons (Fsp3) is 0.417. The highest BCUT2D eigenvalue weighted by Crippen LogP contribution is 2.28.